The minimum absolute atomic E-state index is 0.200. The Morgan fingerprint density at radius 1 is 0.963 bits per heavy atom. The molecule has 27 heavy (non-hydrogen) atoms. The van der Waals surface area contributed by atoms with Crippen molar-refractivity contribution in [1.29, 1.82) is 0 Å². The highest BCUT2D eigenvalue weighted by Crippen LogP contribution is 2.22. The number of halogens is 2. The van der Waals surface area contributed by atoms with Crippen LogP contribution in [0.4, 0.5) is 11.4 Å². The SMILES string of the molecule is O=C(COC(=O)c1cc(Cl)cc(Cl)c1)Nc1ccc(N2CCCCC2)cc1. The molecular weight excluding hydrogens is 387 g/mol. The highest BCUT2D eigenvalue weighted by Gasteiger charge is 2.13. The van der Waals surface area contributed by atoms with Crippen LogP contribution in [0.1, 0.15) is 29.6 Å². The van der Waals surface area contributed by atoms with Crippen LogP contribution < -0.4 is 10.2 Å². The number of piperidine rings is 1. The number of carbonyl (C=O) groups excluding carboxylic acids is 2. The second-order valence-corrected chi connectivity index (χ2v) is 7.25. The molecular formula is C20H20Cl2N2O3. The van der Waals surface area contributed by atoms with Gasteiger partial charge < -0.3 is 15.0 Å². The molecule has 0 unspecified atom stereocenters. The first kappa shape index (κ1) is 19.5. The van der Waals surface area contributed by atoms with Crippen LogP contribution in [0.2, 0.25) is 10.0 Å². The number of carbonyl (C=O) groups is 2. The van der Waals surface area contributed by atoms with Crippen LogP contribution in [0.25, 0.3) is 0 Å². The van der Waals surface area contributed by atoms with E-state index >= 15 is 0 Å². The number of hydrogen-bond donors (Lipinski definition) is 1. The van der Waals surface area contributed by atoms with Crippen molar-refractivity contribution < 1.29 is 14.3 Å². The van der Waals surface area contributed by atoms with Crippen molar-refractivity contribution >= 4 is 46.5 Å². The topological polar surface area (TPSA) is 58.6 Å². The van der Waals surface area contributed by atoms with E-state index in [1.54, 1.807) is 0 Å². The average Bonchev–Trinajstić information content (AvgIpc) is 2.66. The third kappa shape index (κ3) is 5.62. The average molecular weight is 407 g/mol. The summed E-state index contributed by atoms with van der Waals surface area (Å²) in [6, 6.07) is 12.1. The molecule has 0 spiro atoms. The fourth-order valence-electron chi connectivity index (χ4n) is 2.99. The van der Waals surface area contributed by atoms with Crippen molar-refractivity contribution in [3.8, 4) is 0 Å². The van der Waals surface area contributed by atoms with E-state index in [1.165, 1.54) is 37.5 Å². The van der Waals surface area contributed by atoms with Crippen LogP contribution in [-0.2, 0) is 9.53 Å². The second kappa shape index (κ2) is 9.11. The Morgan fingerprint density at radius 3 is 2.22 bits per heavy atom. The summed E-state index contributed by atoms with van der Waals surface area (Å²) in [6.45, 7) is 1.74. The third-order valence-corrected chi connectivity index (χ3v) is 4.74. The van der Waals surface area contributed by atoms with Gasteiger partial charge >= 0.3 is 5.97 Å². The number of nitrogens with one attached hydrogen (secondary N) is 1. The predicted molar refractivity (Wildman–Crippen MR) is 108 cm³/mol. The molecule has 1 fully saturated rings. The lowest BCUT2D eigenvalue weighted by molar-refractivity contribution is -0.119. The predicted octanol–water partition coefficient (Wildman–Crippen LogP) is 4.78. The fraction of sp³-hybridized carbons (Fsp3) is 0.300. The van der Waals surface area contributed by atoms with Gasteiger partial charge in [-0.15, -0.1) is 0 Å². The number of benzene rings is 2. The summed E-state index contributed by atoms with van der Waals surface area (Å²) in [5.41, 5.74) is 2.01. The van der Waals surface area contributed by atoms with Crippen molar-refractivity contribution in [2.24, 2.45) is 0 Å². The molecule has 1 aliphatic heterocycles. The van der Waals surface area contributed by atoms with Crippen LogP contribution in [0, 0.1) is 0 Å². The minimum atomic E-state index is -0.657. The molecule has 2 aromatic carbocycles. The fourth-order valence-corrected chi connectivity index (χ4v) is 3.52. The van der Waals surface area contributed by atoms with Gasteiger partial charge in [0.05, 0.1) is 5.56 Å². The Balaban J connectivity index is 1.50. The van der Waals surface area contributed by atoms with Crippen molar-refractivity contribution in [3.05, 3.63) is 58.1 Å². The zero-order valence-electron chi connectivity index (χ0n) is 14.7. The monoisotopic (exact) mass is 406 g/mol. The van der Waals surface area contributed by atoms with Crippen LogP contribution in [0.15, 0.2) is 42.5 Å². The molecule has 0 atom stereocenters. The van der Waals surface area contributed by atoms with Crippen LogP contribution >= 0.6 is 23.2 Å². The Kier molecular flexibility index (Phi) is 6.58. The van der Waals surface area contributed by atoms with Crippen LogP contribution in [-0.4, -0.2) is 31.6 Å². The first-order valence-corrected chi connectivity index (χ1v) is 9.55. The maximum atomic E-state index is 12.0. The van der Waals surface area contributed by atoms with Gasteiger partial charge in [0, 0.05) is 34.5 Å². The molecule has 0 aromatic heterocycles. The van der Waals surface area contributed by atoms with Crippen LogP contribution in [0.3, 0.4) is 0 Å². The van der Waals surface area contributed by atoms with Crippen molar-refractivity contribution in [2.75, 3.05) is 29.9 Å². The van der Waals surface area contributed by atoms with E-state index in [0.29, 0.717) is 15.7 Å². The quantitative estimate of drug-likeness (QED) is 0.725. The largest absolute Gasteiger partial charge is 0.452 e. The molecule has 0 bridgehead atoms. The zero-order chi connectivity index (χ0) is 19.2. The number of amides is 1. The lowest BCUT2D eigenvalue weighted by Crippen LogP contribution is -2.29. The van der Waals surface area contributed by atoms with E-state index in [2.05, 4.69) is 10.2 Å². The number of anilines is 2. The Labute approximate surface area is 168 Å². The molecule has 5 nitrogen and oxygen atoms in total. The first-order valence-electron chi connectivity index (χ1n) is 8.79. The highest BCUT2D eigenvalue weighted by molar-refractivity contribution is 6.35. The molecule has 1 heterocycles. The molecule has 7 heteroatoms. The molecule has 1 amide bonds. The van der Waals surface area contributed by atoms with E-state index in [0.717, 1.165) is 18.8 Å². The molecule has 142 valence electrons. The van der Waals surface area contributed by atoms with Gasteiger partial charge in [-0.2, -0.15) is 0 Å². The molecule has 1 N–H and O–H groups in total. The lowest BCUT2D eigenvalue weighted by atomic mass is 10.1. The van der Waals surface area contributed by atoms with Gasteiger partial charge in [-0.25, -0.2) is 4.79 Å². The summed E-state index contributed by atoms with van der Waals surface area (Å²) >= 11 is 11.7. The third-order valence-electron chi connectivity index (χ3n) is 4.30. The summed E-state index contributed by atoms with van der Waals surface area (Å²) < 4.78 is 5.01. The van der Waals surface area contributed by atoms with E-state index in [9.17, 15) is 9.59 Å². The van der Waals surface area contributed by atoms with Gasteiger partial charge in [0.15, 0.2) is 6.61 Å². The summed E-state index contributed by atoms with van der Waals surface area (Å²) in [4.78, 5) is 26.4. The summed E-state index contributed by atoms with van der Waals surface area (Å²) in [7, 11) is 0. The zero-order valence-corrected chi connectivity index (χ0v) is 16.2. The van der Waals surface area contributed by atoms with Gasteiger partial charge in [-0.3, -0.25) is 4.79 Å². The van der Waals surface area contributed by atoms with Gasteiger partial charge in [-0.05, 0) is 61.7 Å². The van der Waals surface area contributed by atoms with Crippen molar-refractivity contribution in [3.63, 3.8) is 0 Å². The Bertz CT molecular complexity index is 798. The van der Waals surface area contributed by atoms with E-state index in [4.69, 9.17) is 27.9 Å². The van der Waals surface area contributed by atoms with Crippen LogP contribution in [0.5, 0.6) is 0 Å². The molecule has 2 aromatic rings. The van der Waals surface area contributed by atoms with Gasteiger partial charge in [0.2, 0.25) is 0 Å². The lowest BCUT2D eigenvalue weighted by Gasteiger charge is -2.28. The van der Waals surface area contributed by atoms with E-state index in [-0.39, 0.29) is 5.56 Å². The summed E-state index contributed by atoms with van der Waals surface area (Å²) in [5, 5.41) is 3.37. The molecule has 3 rings (SSSR count). The van der Waals surface area contributed by atoms with Gasteiger partial charge in [0.1, 0.15) is 0 Å². The van der Waals surface area contributed by atoms with Crippen molar-refractivity contribution in [2.45, 2.75) is 19.3 Å². The normalized spacial score (nSPS) is 13.9. The minimum Gasteiger partial charge on any atom is -0.452 e. The Hall–Kier alpha value is -2.24. The smallest absolute Gasteiger partial charge is 0.338 e. The molecule has 1 aliphatic rings. The first-order chi connectivity index (χ1) is 13.0. The van der Waals surface area contributed by atoms with Gasteiger partial charge in [0.25, 0.3) is 5.91 Å². The molecule has 0 aliphatic carbocycles. The maximum Gasteiger partial charge on any atom is 0.338 e. The van der Waals surface area contributed by atoms with E-state index in [1.807, 2.05) is 24.3 Å². The van der Waals surface area contributed by atoms with Gasteiger partial charge in [-0.1, -0.05) is 23.2 Å². The summed E-state index contributed by atoms with van der Waals surface area (Å²) in [5.74, 6) is -1.07. The van der Waals surface area contributed by atoms with E-state index < -0.39 is 18.5 Å². The number of rotatable bonds is 5. The number of ether oxygens (including phenoxy) is 1. The Morgan fingerprint density at radius 2 is 1.59 bits per heavy atom. The highest BCUT2D eigenvalue weighted by atomic mass is 35.5. The standard InChI is InChI=1S/C20H20Cl2N2O3/c21-15-10-14(11-16(22)12-15)20(26)27-13-19(25)23-17-4-6-18(7-5-17)24-8-2-1-3-9-24/h4-7,10-12H,1-3,8-9,13H2,(H,23,25). The molecule has 0 saturated carbocycles. The second-order valence-electron chi connectivity index (χ2n) is 6.38. The summed E-state index contributed by atoms with van der Waals surface area (Å²) in [6.07, 6.45) is 3.70. The maximum absolute atomic E-state index is 12.0. The number of nitrogens with zero attached hydrogens (tertiary/aromatic N) is 1. The molecule has 0 radical (unpaired) electrons. The molecule has 1 saturated heterocycles. The van der Waals surface area contributed by atoms with Crippen molar-refractivity contribution in [1.82, 2.24) is 0 Å². The number of hydrogen-bond acceptors (Lipinski definition) is 4. The number of esters is 1.